The van der Waals surface area contributed by atoms with E-state index in [0.717, 1.165) is 12.1 Å². The first-order valence-electron chi connectivity index (χ1n) is 8.55. The monoisotopic (exact) mass is 389 g/mol. The van der Waals surface area contributed by atoms with Crippen LogP contribution in [0.15, 0.2) is 54.7 Å². The molecule has 0 aliphatic heterocycles. The number of carbonyl (C=O) groups is 1. The smallest absolute Gasteiger partial charge is 0.416 e. The molecule has 4 nitrogen and oxygen atoms in total. The van der Waals surface area contributed by atoms with Gasteiger partial charge in [0.05, 0.1) is 30.5 Å². The van der Waals surface area contributed by atoms with Crippen LogP contribution in [0.4, 0.5) is 13.2 Å². The molecule has 1 heterocycles. The molecule has 7 heteroatoms. The number of alkyl halides is 3. The Morgan fingerprint density at radius 3 is 2.39 bits per heavy atom. The zero-order chi connectivity index (χ0) is 20.3. The van der Waals surface area contributed by atoms with Crippen LogP contribution in [0.1, 0.15) is 22.8 Å². The topological polar surface area (TPSA) is 51.3 Å². The van der Waals surface area contributed by atoms with Crippen LogP contribution in [0.3, 0.4) is 0 Å². The predicted octanol–water partition coefficient (Wildman–Crippen LogP) is 5.55. The van der Waals surface area contributed by atoms with Crippen LogP contribution in [0.25, 0.3) is 22.4 Å². The second-order valence-electron chi connectivity index (χ2n) is 5.98. The van der Waals surface area contributed by atoms with Crippen molar-refractivity contribution in [1.29, 1.82) is 0 Å². The van der Waals surface area contributed by atoms with Gasteiger partial charge < -0.3 is 14.5 Å². The Balaban J connectivity index is 2.15. The summed E-state index contributed by atoms with van der Waals surface area (Å²) in [6, 6.07) is 11.8. The minimum atomic E-state index is -4.42. The lowest BCUT2D eigenvalue weighted by Gasteiger charge is -2.11. The molecule has 1 aromatic heterocycles. The van der Waals surface area contributed by atoms with Crippen molar-refractivity contribution in [3.63, 3.8) is 0 Å². The number of H-pyrrole nitrogens is 1. The van der Waals surface area contributed by atoms with Gasteiger partial charge in [0.2, 0.25) is 0 Å². The molecule has 0 atom stereocenters. The molecular formula is C21H18F3NO3. The summed E-state index contributed by atoms with van der Waals surface area (Å²) in [5.41, 5.74) is 1.81. The second kappa shape index (κ2) is 7.80. The number of nitrogens with one attached hydrogen (secondary N) is 1. The lowest BCUT2D eigenvalue weighted by molar-refractivity contribution is -0.137. The van der Waals surface area contributed by atoms with E-state index in [9.17, 15) is 18.0 Å². The van der Waals surface area contributed by atoms with Crippen LogP contribution in [0.5, 0.6) is 5.75 Å². The first-order chi connectivity index (χ1) is 13.3. The van der Waals surface area contributed by atoms with Crippen LogP contribution in [0, 0.1) is 0 Å². The third kappa shape index (κ3) is 3.88. The molecule has 0 aliphatic carbocycles. The fourth-order valence-corrected chi connectivity index (χ4v) is 2.93. The number of rotatable bonds is 5. The number of methoxy groups -OCH3 is 1. The molecule has 0 bridgehead atoms. The number of carbonyl (C=O) groups excluding carboxylic acids is 1. The van der Waals surface area contributed by atoms with Gasteiger partial charge in [0.15, 0.2) is 0 Å². The SMILES string of the molecule is CCOC(=O)c1c[nH]c(-c2ccc(C(F)(F)F)cc2)c1-c1cccc(OC)c1. The van der Waals surface area contributed by atoms with Crippen LogP contribution in [0.2, 0.25) is 0 Å². The summed E-state index contributed by atoms with van der Waals surface area (Å²) < 4.78 is 49.0. The van der Waals surface area contributed by atoms with Crippen molar-refractivity contribution in [2.24, 2.45) is 0 Å². The molecule has 3 rings (SSSR count). The summed E-state index contributed by atoms with van der Waals surface area (Å²) in [7, 11) is 1.53. The normalized spacial score (nSPS) is 11.3. The summed E-state index contributed by atoms with van der Waals surface area (Å²) >= 11 is 0. The van der Waals surface area contributed by atoms with E-state index in [2.05, 4.69) is 4.98 Å². The molecule has 146 valence electrons. The van der Waals surface area contributed by atoms with Crippen molar-refractivity contribution in [2.75, 3.05) is 13.7 Å². The highest BCUT2D eigenvalue weighted by atomic mass is 19.4. The van der Waals surface area contributed by atoms with Crippen molar-refractivity contribution >= 4 is 5.97 Å². The van der Waals surface area contributed by atoms with Gasteiger partial charge in [-0.3, -0.25) is 0 Å². The van der Waals surface area contributed by atoms with Gasteiger partial charge in [0.25, 0.3) is 0 Å². The average Bonchev–Trinajstić information content (AvgIpc) is 3.13. The molecule has 0 saturated heterocycles. The van der Waals surface area contributed by atoms with Crippen molar-refractivity contribution in [1.82, 2.24) is 4.98 Å². The van der Waals surface area contributed by atoms with Crippen LogP contribution in [-0.2, 0) is 10.9 Å². The van der Waals surface area contributed by atoms with E-state index in [1.54, 1.807) is 31.2 Å². The highest BCUT2D eigenvalue weighted by Crippen LogP contribution is 2.37. The highest BCUT2D eigenvalue weighted by molar-refractivity contribution is 6.02. The molecule has 0 aliphatic rings. The number of ether oxygens (including phenoxy) is 2. The summed E-state index contributed by atoms with van der Waals surface area (Å²) in [4.78, 5) is 15.4. The van der Waals surface area contributed by atoms with Gasteiger partial charge in [-0.2, -0.15) is 13.2 Å². The number of benzene rings is 2. The molecule has 3 aromatic rings. The largest absolute Gasteiger partial charge is 0.497 e. The van der Waals surface area contributed by atoms with Gasteiger partial charge in [0, 0.05) is 11.8 Å². The van der Waals surface area contributed by atoms with E-state index >= 15 is 0 Å². The van der Waals surface area contributed by atoms with Gasteiger partial charge in [-0.15, -0.1) is 0 Å². The van der Waals surface area contributed by atoms with E-state index < -0.39 is 17.7 Å². The van der Waals surface area contributed by atoms with Gasteiger partial charge in [-0.1, -0.05) is 24.3 Å². The lowest BCUT2D eigenvalue weighted by Crippen LogP contribution is -2.05. The summed E-state index contributed by atoms with van der Waals surface area (Å²) in [6.07, 6.45) is -2.92. The molecule has 0 amide bonds. The van der Waals surface area contributed by atoms with E-state index in [4.69, 9.17) is 9.47 Å². The van der Waals surface area contributed by atoms with Crippen molar-refractivity contribution in [2.45, 2.75) is 13.1 Å². The molecule has 0 spiro atoms. The highest BCUT2D eigenvalue weighted by Gasteiger charge is 2.30. The summed E-state index contributed by atoms with van der Waals surface area (Å²) in [5.74, 6) is 0.0709. The Morgan fingerprint density at radius 2 is 1.79 bits per heavy atom. The molecule has 0 fully saturated rings. The summed E-state index contributed by atoms with van der Waals surface area (Å²) in [6.45, 7) is 1.91. The minimum absolute atomic E-state index is 0.206. The first kappa shape index (κ1) is 19.5. The van der Waals surface area contributed by atoms with E-state index in [1.807, 2.05) is 0 Å². The Hall–Kier alpha value is -3.22. The number of hydrogen-bond acceptors (Lipinski definition) is 3. The second-order valence-corrected chi connectivity index (χ2v) is 5.98. The molecule has 0 radical (unpaired) electrons. The lowest BCUT2D eigenvalue weighted by atomic mass is 9.97. The number of hydrogen-bond donors (Lipinski definition) is 1. The first-order valence-corrected chi connectivity index (χ1v) is 8.55. The van der Waals surface area contributed by atoms with Gasteiger partial charge in [0.1, 0.15) is 5.75 Å². The molecule has 0 unspecified atom stereocenters. The van der Waals surface area contributed by atoms with Crippen molar-refractivity contribution in [3.8, 4) is 28.1 Å². The van der Waals surface area contributed by atoms with Crippen LogP contribution in [-0.4, -0.2) is 24.7 Å². The average molecular weight is 389 g/mol. The fourth-order valence-electron chi connectivity index (χ4n) is 2.93. The molecule has 2 aromatic carbocycles. The predicted molar refractivity (Wildman–Crippen MR) is 99.2 cm³/mol. The quantitative estimate of drug-likeness (QED) is 0.582. The minimum Gasteiger partial charge on any atom is -0.497 e. The van der Waals surface area contributed by atoms with Gasteiger partial charge >= 0.3 is 12.1 Å². The zero-order valence-corrected chi connectivity index (χ0v) is 15.3. The van der Waals surface area contributed by atoms with Gasteiger partial charge in [-0.25, -0.2) is 4.79 Å². The third-order valence-corrected chi connectivity index (χ3v) is 4.23. The Bertz CT molecular complexity index is 975. The molecular weight excluding hydrogens is 371 g/mol. The van der Waals surface area contributed by atoms with E-state index in [0.29, 0.717) is 33.7 Å². The Labute approximate surface area is 159 Å². The van der Waals surface area contributed by atoms with Crippen LogP contribution >= 0.6 is 0 Å². The maximum absolute atomic E-state index is 12.9. The number of halogens is 3. The Morgan fingerprint density at radius 1 is 1.07 bits per heavy atom. The fraction of sp³-hybridized carbons (Fsp3) is 0.190. The van der Waals surface area contributed by atoms with Crippen LogP contribution < -0.4 is 4.74 Å². The van der Waals surface area contributed by atoms with E-state index in [-0.39, 0.29) is 6.61 Å². The number of aromatic nitrogens is 1. The molecule has 0 saturated carbocycles. The van der Waals surface area contributed by atoms with Crippen molar-refractivity contribution < 1.29 is 27.4 Å². The standard InChI is InChI=1S/C21H18F3NO3/c1-3-28-20(26)17-12-25-19(13-7-9-15(10-8-13)21(22,23)24)18(17)14-5-4-6-16(11-14)27-2/h4-12,25H,3H2,1-2H3. The third-order valence-electron chi connectivity index (χ3n) is 4.23. The van der Waals surface area contributed by atoms with Gasteiger partial charge in [-0.05, 0) is 42.3 Å². The number of esters is 1. The van der Waals surface area contributed by atoms with E-state index in [1.165, 1.54) is 25.4 Å². The van der Waals surface area contributed by atoms with Crippen molar-refractivity contribution in [3.05, 3.63) is 65.9 Å². The maximum atomic E-state index is 12.9. The molecule has 28 heavy (non-hydrogen) atoms. The maximum Gasteiger partial charge on any atom is 0.416 e. The Kier molecular flexibility index (Phi) is 5.44. The number of aromatic amines is 1. The summed E-state index contributed by atoms with van der Waals surface area (Å²) in [5, 5.41) is 0. The zero-order valence-electron chi connectivity index (χ0n) is 15.3. The molecule has 1 N–H and O–H groups in total.